The van der Waals surface area contributed by atoms with Gasteiger partial charge in [0.15, 0.2) is 11.0 Å². The van der Waals surface area contributed by atoms with Gasteiger partial charge in [0, 0.05) is 11.8 Å². The summed E-state index contributed by atoms with van der Waals surface area (Å²) in [5.41, 5.74) is 1.13. The topological polar surface area (TPSA) is 39.9 Å². The van der Waals surface area contributed by atoms with Gasteiger partial charge in [-0.05, 0) is 31.9 Å². The molecule has 1 aliphatic carbocycles. The van der Waals surface area contributed by atoms with Crippen molar-refractivity contribution in [2.45, 2.75) is 37.6 Å². The Morgan fingerprint density at radius 2 is 2.18 bits per heavy atom. The predicted octanol–water partition coefficient (Wildman–Crippen LogP) is 4.51. The van der Waals surface area contributed by atoms with Gasteiger partial charge in [-0.2, -0.15) is 0 Å². The molecule has 6 heteroatoms. The van der Waals surface area contributed by atoms with Crippen molar-refractivity contribution in [2.24, 2.45) is 0 Å². The molecule has 0 aliphatic heterocycles. The second-order valence-electron chi connectivity index (χ2n) is 5.46. The first-order chi connectivity index (χ1) is 10.6. The Balaban J connectivity index is 1.73. The van der Waals surface area contributed by atoms with E-state index in [1.165, 1.54) is 12.8 Å². The lowest BCUT2D eigenvalue weighted by Gasteiger charge is -2.10. The van der Waals surface area contributed by atoms with Crippen LogP contribution < -0.4 is 4.74 Å². The third-order valence-corrected chi connectivity index (χ3v) is 4.77. The molecule has 22 heavy (non-hydrogen) atoms. The lowest BCUT2D eigenvalue weighted by molar-refractivity contribution is 0.288. The van der Waals surface area contributed by atoms with E-state index >= 15 is 0 Å². The Bertz CT molecular complexity index is 682. The van der Waals surface area contributed by atoms with Crippen molar-refractivity contribution in [3.05, 3.63) is 47.3 Å². The highest BCUT2D eigenvalue weighted by molar-refractivity contribution is 7.99. The van der Waals surface area contributed by atoms with Gasteiger partial charge in [-0.25, -0.2) is 0 Å². The van der Waals surface area contributed by atoms with E-state index in [0.29, 0.717) is 23.4 Å². The minimum atomic E-state index is 0.376. The predicted molar refractivity (Wildman–Crippen MR) is 89.6 cm³/mol. The van der Waals surface area contributed by atoms with Crippen molar-refractivity contribution in [1.29, 1.82) is 0 Å². The summed E-state index contributed by atoms with van der Waals surface area (Å²) in [5.74, 6) is 2.38. The number of hydrogen-bond donors (Lipinski definition) is 0. The maximum atomic E-state index is 6.11. The zero-order chi connectivity index (χ0) is 15.5. The Morgan fingerprint density at radius 3 is 2.86 bits per heavy atom. The van der Waals surface area contributed by atoms with Crippen LogP contribution in [-0.2, 0) is 6.61 Å². The lowest BCUT2D eigenvalue weighted by Crippen LogP contribution is -2.07. The number of thioether (sulfide) groups is 1. The molecule has 1 fully saturated rings. The van der Waals surface area contributed by atoms with Crippen LogP contribution in [0, 0.1) is 0 Å². The van der Waals surface area contributed by atoms with Crippen LogP contribution in [0.15, 0.2) is 41.6 Å². The fourth-order valence-corrected chi connectivity index (χ4v) is 3.15. The normalized spacial score (nSPS) is 14.1. The minimum Gasteiger partial charge on any atom is -0.484 e. The molecule has 0 radical (unpaired) electrons. The average Bonchev–Trinajstić information content (AvgIpc) is 3.25. The zero-order valence-electron chi connectivity index (χ0n) is 12.5. The van der Waals surface area contributed by atoms with E-state index in [2.05, 4.69) is 21.3 Å². The van der Waals surface area contributed by atoms with Crippen molar-refractivity contribution < 1.29 is 4.74 Å². The van der Waals surface area contributed by atoms with Crippen LogP contribution in [0.2, 0.25) is 5.02 Å². The van der Waals surface area contributed by atoms with Crippen LogP contribution in [0.3, 0.4) is 0 Å². The Labute approximate surface area is 139 Å². The van der Waals surface area contributed by atoms with Gasteiger partial charge < -0.3 is 4.74 Å². The molecular weight excluding hydrogens is 318 g/mol. The number of rotatable bonds is 7. The van der Waals surface area contributed by atoms with E-state index in [9.17, 15) is 0 Å². The van der Waals surface area contributed by atoms with E-state index in [1.54, 1.807) is 11.8 Å². The van der Waals surface area contributed by atoms with Crippen LogP contribution in [-0.4, -0.2) is 20.5 Å². The van der Waals surface area contributed by atoms with Gasteiger partial charge in [0.05, 0.1) is 5.02 Å². The molecule has 1 aromatic heterocycles. The molecule has 4 nitrogen and oxygen atoms in total. The Morgan fingerprint density at radius 1 is 1.41 bits per heavy atom. The fraction of sp³-hybridized carbons (Fsp3) is 0.375. The van der Waals surface area contributed by atoms with Gasteiger partial charge in [-0.1, -0.05) is 47.6 Å². The largest absolute Gasteiger partial charge is 0.484 e. The SMILES string of the molecule is C=C(C)CSc1nnc(COc2ccccc2Cl)n1C1CC1. The van der Waals surface area contributed by atoms with Crippen molar-refractivity contribution in [2.75, 3.05) is 5.75 Å². The highest BCUT2D eigenvalue weighted by Gasteiger charge is 2.29. The third kappa shape index (κ3) is 3.65. The van der Waals surface area contributed by atoms with E-state index in [4.69, 9.17) is 16.3 Å². The van der Waals surface area contributed by atoms with Crippen LogP contribution in [0.25, 0.3) is 0 Å². The second-order valence-corrected chi connectivity index (χ2v) is 6.81. The number of halogens is 1. The van der Waals surface area contributed by atoms with E-state index in [-0.39, 0.29) is 0 Å². The summed E-state index contributed by atoms with van der Waals surface area (Å²) in [4.78, 5) is 0. The summed E-state index contributed by atoms with van der Waals surface area (Å²) >= 11 is 7.79. The first-order valence-electron chi connectivity index (χ1n) is 7.23. The Kier molecular flexibility index (Phi) is 4.74. The first kappa shape index (κ1) is 15.4. The molecule has 116 valence electrons. The van der Waals surface area contributed by atoms with Gasteiger partial charge in [0.1, 0.15) is 12.4 Å². The van der Waals surface area contributed by atoms with Crippen LogP contribution in [0.5, 0.6) is 5.75 Å². The van der Waals surface area contributed by atoms with E-state index in [1.807, 2.05) is 31.2 Å². The molecule has 3 rings (SSSR count). The highest BCUT2D eigenvalue weighted by atomic mass is 35.5. The smallest absolute Gasteiger partial charge is 0.191 e. The van der Waals surface area contributed by atoms with Gasteiger partial charge in [0.25, 0.3) is 0 Å². The summed E-state index contributed by atoms with van der Waals surface area (Å²) in [7, 11) is 0. The number of hydrogen-bond acceptors (Lipinski definition) is 4. The summed E-state index contributed by atoms with van der Waals surface area (Å²) in [6.45, 7) is 6.33. The maximum Gasteiger partial charge on any atom is 0.191 e. The van der Waals surface area contributed by atoms with Crippen molar-refractivity contribution in [3.8, 4) is 5.75 Å². The molecule has 0 atom stereocenters. The summed E-state index contributed by atoms with van der Waals surface area (Å²) in [6, 6.07) is 7.97. The molecule has 0 amide bonds. The minimum absolute atomic E-state index is 0.376. The van der Waals surface area contributed by atoms with E-state index < -0.39 is 0 Å². The molecule has 0 spiro atoms. The van der Waals surface area contributed by atoms with Crippen molar-refractivity contribution >= 4 is 23.4 Å². The quantitative estimate of drug-likeness (QED) is 0.551. The molecule has 0 N–H and O–H groups in total. The molecule has 1 aliphatic rings. The molecule has 0 bridgehead atoms. The Hall–Kier alpha value is -1.46. The number of nitrogens with zero attached hydrogens (tertiary/aromatic N) is 3. The molecule has 1 heterocycles. The standard InChI is InChI=1S/C16H18ClN3OS/c1-11(2)10-22-16-19-18-15(20(16)12-7-8-12)9-21-14-6-4-3-5-13(14)17/h3-6,12H,1,7-10H2,2H3. The van der Waals surface area contributed by atoms with Gasteiger partial charge in [0.2, 0.25) is 0 Å². The van der Waals surface area contributed by atoms with Gasteiger partial charge in [-0.3, -0.25) is 4.57 Å². The highest BCUT2D eigenvalue weighted by Crippen LogP contribution is 2.39. The van der Waals surface area contributed by atoms with Crippen LogP contribution >= 0.6 is 23.4 Å². The fourth-order valence-electron chi connectivity index (χ4n) is 2.10. The molecule has 0 unspecified atom stereocenters. The van der Waals surface area contributed by atoms with Crippen molar-refractivity contribution in [3.63, 3.8) is 0 Å². The molecule has 1 aromatic carbocycles. The summed E-state index contributed by atoms with van der Waals surface area (Å²) < 4.78 is 8.00. The number of para-hydroxylation sites is 1. The molecular formula is C16H18ClN3OS. The molecule has 1 saturated carbocycles. The second kappa shape index (κ2) is 6.75. The van der Waals surface area contributed by atoms with Crippen LogP contribution in [0.1, 0.15) is 31.6 Å². The summed E-state index contributed by atoms with van der Waals surface area (Å²) in [6.07, 6.45) is 2.36. The summed E-state index contributed by atoms with van der Waals surface area (Å²) in [5, 5.41) is 10.2. The molecule has 0 saturated heterocycles. The average molecular weight is 336 g/mol. The first-order valence-corrected chi connectivity index (χ1v) is 8.60. The van der Waals surface area contributed by atoms with Crippen LogP contribution in [0.4, 0.5) is 0 Å². The van der Waals surface area contributed by atoms with Gasteiger partial charge in [-0.15, -0.1) is 10.2 Å². The number of aromatic nitrogens is 3. The zero-order valence-corrected chi connectivity index (χ0v) is 14.0. The molecule has 2 aromatic rings. The third-order valence-electron chi connectivity index (χ3n) is 3.29. The maximum absolute atomic E-state index is 6.11. The van der Waals surface area contributed by atoms with E-state index in [0.717, 1.165) is 22.3 Å². The number of benzene rings is 1. The number of ether oxygens (including phenoxy) is 1. The van der Waals surface area contributed by atoms with Crippen molar-refractivity contribution in [1.82, 2.24) is 14.8 Å². The monoisotopic (exact) mass is 335 g/mol. The van der Waals surface area contributed by atoms with Gasteiger partial charge >= 0.3 is 0 Å². The lowest BCUT2D eigenvalue weighted by atomic mass is 10.3.